The van der Waals surface area contributed by atoms with Gasteiger partial charge in [0.2, 0.25) is 0 Å². The molecule has 1 aliphatic rings. The first kappa shape index (κ1) is 13.6. The lowest BCUT2D eigenvalue weighted by atomic mass is 9.95. The first-order valence-corrected chi connectivity index (χ1v) is 6.52. The maximum absolute atomic E-state index is 9.20. The molecule has 4 nitrogen and oxygen atoms in total. The number of rotatable bonds is 3. The number of anilines is 1. The number of hydrogen-bond donors (Lipinski definition) is 1. The van der Waals surface area contributed by atoms with E-state index in [2.05, 4.69) is 16.8 Å². The largest absolute Gasteiger partial charge is 0.390 e. The van der Waals surface area contributed by atoms with Gasteiger partial charge in [-0.25, -0.2) is 4.98 Å². The van der Waals surface area contributed by atoms with E-state index < -0.39 is 0 Å². The molecule has 1 aromatic rings. The van der Waals surface area contributed by atoms with Crippen molar-refractivity contribution in [1.29, 1.82) is 0 Å². The Morgan fingerprint density at radius 3 is 3.00 bits per heavy atom. The maximum Gasteiger partial charge on any atom is 0.129 e. The third-order valence-corrected chi connectivity index (χ3v) is 3.87. The Morgan fingerprint density at radius 2 is 2.33 bits per heavy atom. The van der Waals surface area contributed by atoms with Crippen LogP contribution in [0.1, 0.15) is 25.5 Å². The Kier molecular flexibility index (Phi) is 4.10. The molecular weight excluding hydrogens is 252 g/mol. The number of aliphatic hydroxyl groups excluding tert-OH is 1. The minimum Gasteiger partial charge on any atom is -0.390 e. The van der Waals surface area contributed by atoms with Crippen LogP contribution in [0.15, 0.2) is 12.1 Å². The first-order chi connectivity index (χ1) is 8.58. The molecular formula is C13H19ClN2O2. The van der Waals surface area contributed by atoms with Crippen LogP contribution in [0.5, 0.6) is 0 Å². The molecule has 1 fully saturated rings. The Hall–Kier alpha value is -0.840. The van der Waals surface area contributed by atoms with Gasteiger partial charge in [0, 0.05) is 20.2 Å². The lowest BCUT2D eigenvalue weighted by Gasteiger charge is -2.40. The molecule has 0 spiro atoms. The van der Waals surface area contributed by atoms with Crippen molar-refractivity contribution in [2.45, 2.75) is 32.0 Å². The second-order valence-electron chi connectivity index (χ2n) is 4.94. The number of pyridine rings is 1. The minimum absolute atomic E-state index is 0.126. The van der Waals surface area contributed by atoms with Gasteiger partial charge in [-0.2, -0.15) is 0 Å². The zero-order valence-electron chi connectivity index (χ0n) is 10.8. The van der Waals surface area contributed by atoms with E-state index in [9.17, 15) is 5.11 Å². The third kappa shape index (κ3) is 2.76. The van der Waals surface area contributed by atoms with E-state index in [1.807, 2.05) is 6.07 Å². The van der Waals surface area contributed by atoms with Crippen molar-refractivity contribution in [3.8, 4) is 0 Å². The molecule has 18 heavy (non-hydrogen) atoms. The summed E-state index contributed by atoms with van der Waals surface area (Å²) < 4.78 is 5.57. The Morgan fingerprint density at radius 1 is 1.56 bits per heavy atom. The first-order valence-electron chi connectivity index (χ1n) is 6.14. The van der Waals surface area contributed by atoms with Crippen LogP contribution < -0.4 is 4.90 Å². The van der Waals surface area contributed by atoms with Crippen LogP contribution in [-0.4, -0.2) is 35.9 Å². The molecule has 5 heteroatoms. The van der Waals surface area contributed by atoms with Gasteiger partial charge in [0.15, 0.2) is 0 Å². The number of aliphatic hydroxyl groups is 1. The maximum atomic E-state index is 9.20. The van der Waals surface area contributed by atoms with E-state index >= 15 is 0 Å². The Bertz CT molecular complexity index is 427. The van der Waals surface area contributed by atoms with Crippen LogP contribution in [0.2, 0.25) is 5.02 Å². The topological polar surface area (TPSA) is 45.6 Å². The highest BCUT2D eigenvalue weighted by atomic mass is 35.5. The molecule has 0 amide bonds. The van der Waals surface area contributed by atoms with Crippen LogP contribution in [0.4, 0.5) is 5.82 Å². The van der Waals surface area contributed by atoms with Crippen molar-refractivity contribution in [1.82, 2.24) is 4.98 Å². The average Bonchev–Trinajstić information content (AvgIpc) is 2.39. The van der Waals surface area contributed by atoms with Crippen LogP contribution >= 0.6 is 11.6 Å². The molecule has 1 atom stereocenters. The lowest BCUT2D eigenvalue weighted by molar-refractivity contribution is -0.00482. The SMILES string of the molecule is COC1(C)CCCN(c2ccc(Cl)c(CO)n2)C1. The zero-order valence-corrected chi connectivity index (χ0v) is 11.6. The molecule has 1 unspecified atom stereocenters. The minimum atomic E-state index is -0.137. The highest BCUT2D eigenvalue weighted by molar-refractivity contribution is 6.31. The summed E-state index contributed by atoms with van der Waals surface area (Å²) in [6.07, 6.45) is 2.13. The highest BCUT2D eigenvalue weighted by Crippen LogP contribution is 2.28. The van der Waals surface area contributed by atoms with Gasteiger partial charge in [0.05, 0.1) is 22.9 Å². The molecule has 0 aliphatic carbocycles. The summed E-state index contributed by atoms with van der Waals surface area (Å²) >= 11 is 5.95. The number of methoxy groups -OCH3 is 1. The van der Waals surface area contributed by atoms with Gasteiger partial charge in [-0.15, -0.1) is 0 Å². The van der Waals surface area contributed by atoms with Gasteiger partial charge in [-0.05, 0) is 31.9 Å². The van der Waals surface area contributed by atoms with Crippen LogP contribution in [0, 0.1) is 0 Å². The van der Waals surface area contributed by atoms with E-state index in [1.165, 1.54) is 0 Å². The Labute approximate surface area is 113 Å². The Balaban J connectivity index is 2.21. The van der Waals surface area contributed by atoms with E-state index in [-0.39, 0.29) is 12.2 Å². The summed E-state index contributed by atoms with van der Waals surface area (Å²) in [5.74, 6) is 0.853. The normalized spacial score (nSPS) is 24.3. The van der Waals surface area contributed by atoms with Gasteiger partial charge < -0.3 is 14.7 Å². The fourth-order valence-corrected chi connectivity index (χ4v) is 2.49. The standard InChI is InChI=1S/C13H19ClN2O2/c1-13(18-2)6-3-7-16(9-13)12-5-4-10(14)11(8-17)15-12/h4-5,17H,3,6-9H2,1-2H3. The van der Waals surface area contributed by atoms with E-state index in [4.69, 9.17) is 16.3 Å². The molecule has 1 N–H and O–H groups in total. The molecule has 1 saturated heterocycles. The van der Waals surface area contributed by atoms with Gasteiger partial charge >= 0.3 is 0 Å². The van der Waals surface area contributed by atoms with E-state index in [1.54, 1.807) is 13.2 Å². The average molecular weight is 271 g/mol. The molecule has 1 aromatic heterocycles. The molecule has 0 radical (unpaired) electrons. The van der Waals surface area contributed by atoms with Crippen molar-refractivity contribution in [2.75, 3.05) is 25.1 Å². The predicted molar refractivity (Wildman–Crippen MR) is 72.0 cm³/mol. The number of piperidine rings is 1. The molecule has 2 rings (SSSR count). The summed E-state index contributed by atoms with van der Waals surface area (Å²) in [6, 6.07) is 3.68. The number of halogens is 1. The fraction of sp³-hybridized carbons (Fsp3) is 0.615. The quantitative estimate of drug-likeness (QED) is 0.915. The molecule has 1 aliphatic heterocycles. The molecule has 0 bridgehead atoms. The number of aromatic nitrogens is 1. The fourth-order valence-electron chi connectivity index (χ4n) is 2.33. The molecule has 100 valence electrons. The number of nitrogens with zero attached hydrogens (tertiary/aromatic N) is 2. The second kappa shape index (κ2) is 5.43. The smallest absolute Gasteiger partial charge is 0.129 e. The molecule has 0 aromatic carbocycles. The van der Waals surface area contributed by atoms with Crippen molar-refractivity contribution in [3.05, 3.63) is 22.8 Å². The molecule has 2 heterocycles. The van der Waals surface area contributed by atoms with Gasteiger partial charge in [0.25, 0.3) is 0 Å². The van der Waals surface area contributed by atoms with Crippen molar-refractivity contribution in [2.24, 2.45) is 0 Å². The predicted octanol–water partition coefficient (Wildman–Crippen LogP) is 2.23. The van der Waals surface area contributed by atoms with Crippen molar-refractivity contribution >= 4 is 17.4 Å². The van der Waals surface area contributed by atoms with Crippen LogP contribution in [0.3, 0.4) is 0 Å². The zero-order chi connectivity index (χ0) is 13.2. The number of ether oxygens (including phenoxy) is 1. The van der Waals surface area contributed by atoms with E-state index in [0.717, 1.165) is 31.7 Å². The third-order valence-electron chi connectivity index (χ3n) is 3.53. The monoisotopic (exact) mass is 270 g/mol. The summed E-state index contributed by atoms with van der Waals surface area (Å²) in [6.45, 7) is 3.74. The van der Waals surface area contributed by atoms with Crippen molar-refractivity contribution < 1.29 is 9.84 Å². The van der Waals surface area contributed by atoms with Gasteiger partial charge in [-0.1, -0.05) is 11.6 Å². The van der Waals surface area contributed by atoms with Gasteiger partial charge in [0.1, 0.15) is 5.82 Å². The van der Waals surface area contributed by atoms with Gasteiger partial charge in [-0.3, -0.25) is 0 Å². The number of hydrogen-bond acceptors (Lipinski definition) is 4. The summed E-state index contributed by atoms with van der Waals surface area (Å²) in [4.78, 5) is 6.59. The van der Waals surface area contributed by atoms with E-state index in [0.29, 0.717) is 10.7 Å². The summed E-state index contributed by atoms with van der Waals surface area (Å²) in [7, 11) is 1.75. The molecule has 0 saturated carbocycles. The van der Waals surface area contributed by atoms with Crippen LogP contribution in [0.25, 0.3) is 0 Å². The second-order valence-corrected chi connectivity index (χ2v) is 5.34. The van der Waals surface area contributed by atoms with Crippen LogP contribution in [-0.2, 0) is 11.3 Å². The summed E-state index contributed by atoms with van der Waals surface area (Å²) in [5, 5.41) is 9.71. The van der Waals surface area contributed by atoms with Crippen molar-refractivity contribution in [3.63, 3.8) is 0 Å². The summed E-state index contributed by atoms with van der Waals surface area (Å²) in [5.41, 5.74) is 0.401. The highest BCUT2D eigenvalue weighted by Gasteiger charge is 2.31. The lowest BCUT2D eigenvalue weighted by Crippen LogP contribution is -2.47.